The molecule has 0 saturated heterocycles. The molecule has 2 aromatic carbocycles. The number of anilines is 2. The highest BCUT2D eigenvalue weighted by Crippen LogP contribution is 2.24. The predicted octanol–water partition coefficient (Wildman–Crippen LogP) is 3.94. The summed E-state index contributed by atoms with van der Waals surface area (Å²) in [7, 11) is 0. The topological polar surface area (TPSA) is 55.1 Å². The summed E-state index contributed by atoms with van der Waals surface area (Å²) < 4.78 is 0.947. The smallest absolute Gasteiger partial charge is 0.257 e. The second kappa shape index (κ2) is 5.42. The standard InChI is InChI=1S/C13H10BrClN2O/c14-8-4-6-9(7-5-8)17-13(18)10-2-1-3-11(16)12(10)15/h1-7H,16H2,(H,17,18). The fourth-order valence-electron chi connectivity index (χ4n) is 1.46. The van der Waals surface area contributed by atoms with E-state index in [4.69, 9.17) is 17.3 Å². The van der Waals surface area contributed by atoms with Crippen LogP contribution in [-0.4, -0.2) is 5.91 Å². The van der Waals surface area contributed by atoms with Gasteiger partial charge in [-0.15, -0.1) is 0 Å². The molecule has 0 radical (unpaired) electrons. The van der Waals surface area contributed by atoms with Crippen LogP contribution in [0, 0.1) is 0 Å². The van der Waals surface area contributed by atoms with Crippen molar-refractivity contribution in [2.45, 2.75) is 0 Å². The van der Waals surface area contributed by atoms with Crippen LogP contribution in [0.5, 0.6) is 0 Å². The van der Waals surface area contributed by atoms with E-state index in [0.29, 0.717) is 16.9 Å². The Bertz CT molecular complexity index is 584. The second-order valence-corrected chi connectivity index (χ2v) is 4.96. The lowest BCUT2D eigenvalue weighted by Gasteiger charge is -2.08. The van der Waals surface area contributed by atoms with Crippen LogP contribution in [0.25, 0.3) is 0 Å². The van der Waals surface area contributed by atoms with Crippen molar-refractivity contribution in [2.24, 2.45) is 0 Å². The SMILES string of the molecule is Nc1cccc(C(=O)Nc2ccc(Br)cc2)c1Cl. The number of nitrogens with one attached hydrogen (secondary N) is 1. The minimum Gasteiger partial charge on any atom is -0.398 e. The van der Waals surface area contributed by atoms with Gasteiger partial charge in [-0.05, 0) is 36.4 Å². The van der Waals surface area contributed by atoms with Crippen molar-refractivity contribution in [1.82, 2.24) is 0 Å². The van der Waals surface area contributed by atoms with Gasteiger partial charge in [-0.1, -0.05) is 33.6 Å². The molecule has 0 aliphatic heterocycles. The maximum atomic E-state index is 12.0. The normalized spacial score (nSPS) is 10.1. The van der Waals surface area contributed by atoms with Crippen LogP contribution < -0.4 is 11.1 Å². The summed E-state index contributed by atoms with van der Waals surface area (Å²) in [5, 5.41) is 3.02. The van der Waals surface area contributed by atoms with Gasteiger partial charge in [0, 0.05) is 10.2 Å². The number of carbonyl (C=O) groups excluding carboxylic acids is 1. The largest absolute Gasteiger partial charge is 0.398 e. The lowest BCUT2D eigenvalue weighted by molar-refractivity contribution is 0.102. The first-order valence-electron chi connectivity index (χ1n) is 5.19. The van der Waals surface area contributed by atoms with E-state index in [1.165, 1.54) is 0 Å². The molecule has 0 aliphatic carbocycles. The fourth-order valence-corrected chi connectivity index (χ4v) is 1.93. The van der Waals surface area contributed by atoms with Crippen molar-refractivity contribution in [3.63, 3.8) is 0 Å². The molecule has 5 heteroatoms. The number of rotatable bonds is 2. The van der Waals surface area contributed by atoms with Gasteiger partial charge in [-0.2, -0.15) is 0 Å². The molecule has 92 valence electrons. The van der Waals surface area contributed by atoms with Gasteiger partial charge in [0.25, 0.3) is 5.91 Å². The fraction of sp³-hybridized carbons (Fsp3) is 0. The first-order valence-corrected chi connectivity index (χ1v) is 6.36. The van der Waals surface area contributed by atoms with Crippen LogP contribution in [-0.2, 0) is 0 Å². The Hall–Kier alpha value is -1.52. The first-order chi connectivity index (χ1) is 8.58. The quantitative estimate of drug-likeness (QED) is 0.822. The zero-order valence-corrected chi connectivity index (χ0v) is 11.6. The lowest BCUT2D eigenvalue weighted by atomic mass is 10.2. The molecule has 1 amide bonds. The monoisotopic (exact) mass is 324 g/mol. The zero-order valence-electron chi connectivity index (χ0n) is 9.28. The third kappa shape index (κ3) is 2.83. The van der Waals surface area contributed by atoms with Crippen molar-refractivity contribution in [3.8, 4) is 0 Å². The van der Waals surface area contributed by atoms with Gasteiger partial charge in [0.1, 0.15) is 0 Å². The van der Waals surface area contributed by atoms with E-state index in [-0.39, 0.29) is 10.9 Å². The highest BCUT2D eigenvalue weighted by Gasteiger charge is 2.12. The van der Waals surface area contributed by atoms with E-state index in [1.807, 2.05) is 12.1 Å². The van der Waals surface area contributed by atoms with Gasteiger partial charge in [-0.3, -0.25) is 4.79 Å². The van der Waals surface area contributed by atoms with Crippen LogP contribution in [0.4, 0.5) is 11.4 Å². The van der Waals surface area contributed by atoms with E-state index in [1.54, 1.807) is 30.3 Å². The summed E-state index contributed by atoms with van der Waals surface area (Å²) in [4.78, 5) is 12.0. The Balaban J connectivity index is 2.22. The zero-order chi connectivity index (χ0) is 13.1. The summed E-state index contributed by atoms with van der Waals surface area (Å²) in [5.74, 6) is -0.283. The van der Waals surface area contributed by atoms with Crippen LogP contribution in [0.1, 0.15) is 10.4 Å². The van der Waals surface area contributed by atoms with Crippen molar-refractivity contribution in [2.75, 3.05) is 11.1 Å². The minimum atomic E-state index is -0.283. The van der Waals surface area contributed by atoms with E-state index < -0.39 is 0 Å². The van der Waals surface area contributed by atoms with E-state index in [0.717, 1.165) is 4.47 Å². The molecule has 3 nitrogen and oxygen atoms in total. The molecule has 0 unspecified atom stereocenters. The Morgan fingerprint density at radius 2 is 1.83 bits per heavy atom. The first kappa shape index (κ1) is 12.9. The Kier molecular flexibility index (Phi) is 3.89. The lowest BCUT2D eigenvalue weighted by Crippen LogP contribution is -2.12. The molecule has 0 aliphatic rings. The van der Waals surface area contributed by atoms with Crippen LogP contribution >= 0.6 is 27.5 Å². The Labute approximate surface area is 118 Å². The van der Waals surface area contributed by atoms with Crippen molar-refractivity contribution >= 4 is 44.8 Å². The van der Waals surface area contributed by atoms with Gasteiger partial charge in [0.2, 0.25) is 0 Å². The van der Waals surface area contributed by atoms with Gasteiger partial charge in [-0.25, -0.2) is 0 Å². The molecule has 2 aromatic rings. The van der Waals surface area contributed by atoms with Crippen molar-refractivity contribution in [3.05, 3.63) is 57.5 Å². The van der Waals surface area contributed by atoms with Crippen molar-refractivity contribution in [1.29, 1.82) is 0 Å². The number of nitrogens with two attached hydrogens (primary N) is 1. The summed E-state index contributed by atoms with van der Waals surface area (Å²) in [6.07, 6.45) is 0. The molecule has 0 bridgehead atoms. The van der Waals surface area contributed by atoms with Crippen LogP contribution in [0.2, 0.25) is 5.02 Å². The number of hydrogen-bond donors (Lipinski definition) is 2. The van der Waals surface area contributed by atoms with Gasteiger partial charge in [0.15, 0.2) is 0 Å². The Morgan fingerprint density at radius 3 is 2.50 bits per heavy atom. The minimum absolute atomic E-state index is 0.270. The number of hydrogen-bond acceptors (Lipinski definition) is 2. The van der Waals surface area contributed by atoms with Gasteiger partial charge < -0.3 is 11.1 Å². The summed E-state index contributed by atoms with van der Waals surface area (Å²) in [5.41, 5.74) is 7.10. The van der Waals surface area contributed by atoms with Crippen LogP contribution in [0.15, 0.2) is 46.9 Å². The molecule has 0 atom stereocenters. The molecule has 0 fully saturated rings. The molecule has 18 heavy (non-hydrogen) atoms. The second-order valence-electron chi connectivity index (χ2n) is 3.67. The number of nitrogen functional groups attached to an aromatic ring is 1. The molecular formula is C13H10BrClN2O. The molecule has 0 saturated carbocycles. The molecular weight excluding hydrogens is 316 g/mol. The highest BCUT2D eigenvalue weighted by molar-refractivity contribution is 9.10. The number of benzene rings is 2. The molecule has 0 aromatic heterocycles. The van der Waals surface area contributed by atoms with Crippen molar-refractivity contribution < 1.29 is 4.79 Å². The number of carbonyl (C=O) groups is 1. The molecule has 2 rings (SSSR count). The van der Waals surface area contributed by atoms with E-state index in [9.17, 15) is 4.79 Å². The average Bonchev–Trinajstić information content (AvgIpc) is 2.35. The number of amides is 1. The summed E-state index contributed by atoms with van der Waals surface area (Å²) in [6, 6.07) is 12.3. The summed E-state index contributed by atoms with van der Waals surface area (Å²) in [6.45, 7) is 0. The average molecular weight is 326 g/mol. The third-order valence-corrected chi connectivity index (χ3v) is 3.33. The van der Waals surface area contributed by atoms with Gasteiger partial charge >= 0.3 is 0 Å². The predicted molar refractivity (Wildman–Crippen MR) is 78.0 cm³/mol. The maximum absolute atomic E-state index is 12.0. The number of halogens is 2. The molecule has 3 N–H and O–H groups in total. The highest BCUT2D eigenvalue weighted by atomic mass is 79.9. The summed E-state index contributed by atoms with van der Waals surface area (Å²) >= 11 is 9.31. The van der Waals surface area contributed by atoms with E-state index in [2.05, 4.69) is 21.2 Å². The molecule has 0 spiro atoms. The maximum Gasteiger partial charge on any atom is 0.257 e. The van der Waals surface area contributed by atoms with Crippen LogP contribution in [0.3, 0.4) is 0 Å². The van der Waals surface area contributed by atoms with E-state index >= 15 is 0 Å². The van der Waals surface area contributed by atoms with Gasteiger partial charge in [0.05, 0.1) is 16.3 Å². The molecule has 0 heterocycles. The Morgan fingerprint density at radius 1 is 1.17 bits per heavy atom. The third-order valence-electron chi connectivity index (χ3n) is 2.38.